The number of carbonyl (C=O) groups excluding carboxylic acids is 1. The normalized spacial score (nSPS) is 14.2. The molecule has 1 amide bonds. The number of aromatic nitrogens is 1. The fourth-order valence-corrected chi connectivity index (χ4v) is 3.83. The molecule has 1 aromatic heterocycles. The standard InChI is InChI=1S/C16H13Cl2F3N2O6S/c1-27-6-11(24)23-4-8-7-3-10(28-2)12(17)13(18)14(7)22-15(9(8)5-23)29-30(25,26)16(19,20)21/h3H,4-6H2,1-2H3. The second-order valence-electron chi connectivity index (χ2n) is 6.14. The molecule has 0 atom stereocenters. The number of amides is 1. The van der Waals surface area contributed by atoms with Gasteiger partial charge in [-0.1, -0.05) is 23.2 Å². The van der Waals surface area contributed by atoms with Crippen molar-refractivity contribution in [3.8, 4) is 11.6 Å². The predicted molar refractivity (Wildman–Crippen MR) is 100 cm³/mol. The van der Waals surface area contributed by atoms with Gasteiger partial charge in [-0.25, -0.2) is 4.98 Å². The molecule has 2 heterocycles. The highest BCUT2D eigenvalue weighted by Gasteiger charge is 2.49. The van der Waals surface area contributed by atoms with E-state index in [1.165, 1.54) is 25.2 Å². The zero-order valence-corrected chi connectivity index (χ0v) is 17.7. The lowest BCUT2D eigenvalue weighted by atomic mass is 10.1. The molecule has 0 N–H and O–H groups in total. The quantitative estimate of drug-likeness (QED) is 0.470. The molecule has 0 aliphatic carbocycles. The van der Waals surface area contributed by atoms with Crippen LogP contribution in [0.2, 0.25) is 10.0 Å². The van der Waals surface area contributed by atoms with Gasteiger partial charge in [-0.05, 0) is 11.6 Å². The molecule has 164 valence electrons. The number of hydrogen-bond acceptors (Lipinski definition) is 7. The smallest absolute Gasteiger partial charge is 0.495 e. The highest BCUT2D eigenvalue weighted by atomic mass is 35.5. The summed E-state index contributed by atoms with van der Waals surface area (Å²) in [6, 6.07) is 1.45. The minimum atomic E-state index is -6.02. The molecule has 1 aromatic carbocycles. The molecule has 0 saturated heterocycles. The number of benzene rings is 1. The van der Waals surface area contributed by atoms with Crippen molar-refractivity contribution < 1.29 is 40.0 Å². The van der Waals surface area contributed by atoms with Gasteiger partial charge in [0, 0.05) is 24.6 Å². The molecule has 8 nitrogen and oxygen atoms in total. The number of nitrogens with zero attached hydrogens (tertiary/aromatic N) is 2. The van der Waals surface area contributed by atoms with Gasteiger partial charge in [0.25, 0.3) is 0 Å². The monoisotopic (exact) mass is 488 g/mol. The summed E-state index contributed by atoms with van der Waals surface area (Å²) in [7, 11) is -3.38. The van der Waals surface area contributed by atoms with Crippen LogP contribution in [0.15, 0.2) is 6.07 Å². The largest absolute Gasteiger partial charge is 0.534 e. The Labute approximate surface area is 178 Å². The number of pyridine rings is 1. The van der Waals surface area contributed by atoms with Crippen molar-refractivity contribution in [3.63, 3.8) is 0 Å². The summed E-state index contributed by atoms with van der Waals surface area (Å²) in [5.41, 5.74) is -5.49. The first kappa shape index (κ1) is 22.7. The van der Waals surface area contributed by atoms with Crippen molar-refractivity contribution in [1.29, 1.82) is 0 Å². The molecule has 0 unspecified atom stereocenters. The van der Waals surface area contributed by atoms with Gasteiger partial charge in [-0.2, -0.15) is 21.6 Å². The van der Waals surface area contributed by atoms with Crippen LogP contribution in [0.25, 0.3) is 10.9 Å². The molecule has 0 spiro atoms. The summed E-state index contributed by atoms with van der Waals surface area (Å²) in [5, 5.41) is 0.0690. The van der Waals surface area contributed by atoms with Gasteiger partial charge in [0.15, 0.2) is 0 Å². The Balaban J connectivity index is 2.25. The lowest BCUT2D eigenvalue weighted by Crippen LogP contribution is -2.29. The van der Waals surface area contributed by atoms with Crippen LogP contribution in [0.4, 0.5) is 13.2 Å². The minimum Gasteiger partial charge on any atom is -0.495 e. The Hall–Kier alpha value is -2.02. The van der Waals surface area contributed by atoms with E-state index < -0.39 is 27.4 Å². The number of rotatable bonds is 5. The SMILES string of the molecule is COCC(=O)N1Cc2c(OS(=O)(=O)C(F)(F)F)nc3c(Cl)c(Cl)c(OC)cc3c2C1. The summed E-state index contributed by atoms with van der Waals surface area (Å²) in [6.07, 6.45) is 0. The van der Waals surface area contributed by atoms with Crippen LogP contribution in [-0.4, -0.2) is 50.5 Å². The third-order valence-corrected chi connectivity index (χ3v) is 6.10. The van der Waals surface area contributed by atoms with Gasteiger partial charge in [0.1, 0.15) is 17.4 Å². The van der Waals surface area contributed by atoms with E-state index in [0.29, 0.717) is 10.9 Å². The number of hydrogen-bond donors (Lipinski definition) is 0. The third kappa shape index (κ3) is 3.84. The molecule has 14 heteroatoms. The third-order valence-electron chi connectivity index (χ3n) is 4.32. The van der Waals surface area contributed by atoms with Gasteiger partial charge in [0.05, 0.1) is 24.2 Å². The van der Waals surface area contributed by atoms with Crippen LogP contribution in [0.1, 0.15) is 11.1 Å². The maximum absolute atomic E-state index is 12.8. The van der Waals surface area contributed by atoms with Crippen molar-refractivity contribution in [1.82, 2.24) is 9.88 Å². The van der Waals surface area contributed by atoms with E-state index in [9.17, 15) is 26.4 Å². The maximum atomic E-state index is 12.8. The topological polar surface area (TPSA) is 95.0 Å². The molecule has 1 aliphatic heterocycles. The van der Waals surface area contributed by atoms with E-state index in [-0.39, 0.29) is 46.6 Å². The molecular formula is C16H13Cl2F3N2O6S. The predicted octanol–water partition coefficient (Wildman–Crippen LogP) is 3.27. The molecule has 2 aromatic rings. The average molecular weight is 489 g/mol. The molecule has 0 bridgehead atoms. The summed E-state index contributed by atoms with van der Waals surface area (Å²) in [6.45, 7) is -0.599. The highest BCUT2D eigenvalue weighted by molar-refractivity contribution is 7.87. The van der Waals surface area contributed by atoms with E-state index in [2.05, 4.69) is 9.17 Å². The van der Waals surface area contributed by atoms with Gasteiger partial charge >= 0.3 is 15.6 Å². The lowest BCUT2D eigenvalue weighted by molar-refractivity contribution is -0.135. The molecule has 30 heavy (non-hydrogen) atoms. The molecular weight excluding hydrogens is 476 g/mol. The average Bonchev–Trinajstić information content (AvgIpc) is 3.10. The van der Waals surface area contributed by atoms with Gasteiger partial charge < -0.3 is 18.6 Å². The number of halogens is 5. The zero-order chi connectivity index (χ0) is 22.4. The first-order valence-corrected chi connectivity index (χ1v) is 10.2. The number of ether oxygens (including phenoxy) is 2. The summed E-state index contributed by atoms with van der Waals surface area (Å²) in [5.74, 6) is -1.15. The lowest BCUT2D eigenvalue weighted by Gasteiger charge is -2.15. The van der Waals surface area contributed by atoms with Crippen molar-refractivity contribution >= 4 is 50.1 Å². The zero-order valence-electron chi connectivity index (χ0n) is 15.3. The number of alkyl halides is 3. The summed E-state index contributed by atoms with van der Waals surface area (Å²) in [4.78, 5) is 17.3. The molecule has 0 fully saturated rings. The molecule has 0 radical (unpaired) electrons. The summed E-state index contributed by atoms with van der Waals surface area (Å²) >= 11 is 12.3. The summed E-state index contributed by atoms with van der Waals surface area (Å²) < 4.78 is 75.9. The van der Waals surface area contributed by atoms with Crippen molar-refractivity contribution in [3.05, 3.63) is 27.2 Å². The first-order chi connectivity index (χ1) is 13.9. The van der Waals surface area contributed by atoms with E-state index >= 15 is 0 Å². The Morgan fingerprint density at radius 3 is 2.40 bits per heavy atom. The van der Waals surface area contributed by atoms with E-state index in [4.69, 9.17) is 32.7 Å². The Kier molecular flexibility index (Phi) is 5.98. The van der Waals surface area contributed by atoms with E-state index in [1.54, 1.807) is 0 Å². The van der Waals surface area contributed by atoms with Crippen molar-refractivity contribution in [2.24, 2.45) is 0 Å². The van der Waals surface area contributed by atoms with Gasteiger partial charge in [-0.15, -0.1) is 0 Å². The van der Waals surface area contributed by atoms with Crippen LogP contribution in [0.5, 0.6) is 11.6 Å². The van der Waals surface area contributed by atoms with Crippen molar-refractivity contribution in [2.45, 2.75) is 18.6 Å². The Morgan fingerprint density at radius 2 is 1.83 bits per heavy atom. The number of fused-ring (bicyclic) bond motifs is 3. The Morgan fingerprint density at radius 1 is 1.20 bits per heavy atom. The number of carbonyl (C=O) groups is 1. The molecule has 1 aliphatic rings. The van der Waals surface area contributed by atoms with Crippen LogP contribution < -0.4 is 8.92 Å². The van der Waals surface area contributed by atoms with Crippen LogP contribution in [0, 0.1) is 0 Å². The van der Waals surface area contributed by atoms with Gasteiger partial charge in [-0.3, -0.25) is 4.79 Å². The van der Waals surface area contributed by atoms with E-state index in [0.717, 1.165) is 0 Å². The second kappa shape index (κ2) is 7.91. The van der Waals surface area contributed by atoms with Gasteiger partial charge in [0.2, 0.25) is 11.8 Å². The van der Waals surface area contributed by atoms with Crippen molar-refractivity contribution in [2.75, 3.05) is 20.8 Å². The fourth-order valence-electron chi connectivity index (χ4n) is 2.93. The Bertz CT molecular complexity index is 1140. The van der Waals surface area contributed by atoms with Crippen LogP contribution >= 0.6 is 23.2 Å². The van der Waals surface area contributed by atoms with E-state index in [1.807, 2.05) is 0 Å². The highest BCUT2D eigenvalue weighted by Crippen LogP contribution is 2.44. The molecule has 3 rings (SSSR count). The maximum Gasteiger partial charge on any atom is 0.534 e. The first-order valence-electron chi connectivity index (χ1n) is 8.06. The molecule has 0 saturated carbocycles. The van der Waals surface area contributed by atoms with Crippen LogP contribution in [0.3, 0.4) is 0 Å². The second-order valence-corrected chi connectivity index (χ2v) is 8.44. The minimum absolute atomic E-state index is 0.0137. The fraction of sp³-hybridized carbons (Fsp3) is 0.375. The van der Waals surface area contributed by atoms with Crippen LogP contribution in [-0.2, 0) is 32.7 Å². The number of methoxy groups -OCH3 is 2.